The van der Waals surface area contributed by atoms with E-state index >= 15 is 0 Å². The lowest BCUT2D eigenvalue weighted by Gasteiger charge is -2.56. The van der Waals surface area contributed by atoms with Crippen LogP contribution in [0.4, 0.5) is 0 Å². The van der Waals surface area contributed by atoms with Gasteiger partial charge in [0.1, 0.15) is 0 Å². The smallest absolute Gasteiger partial charge is 0.0454 e. The Morgan fingerprint density at radius 2 is 1.76 bits per heavy atom. The highest BCUT2D eigenvalue weighted by molar-refractivity contribution is 7.06. The van der Waals surface area contributed by atoms with Crippen molar-refractivity contribution >= 4 is 11.5 Å². The van der Waals surface area contributed by atoms with Gasteiger partial charge in [-0.25, -0.2) is 4.37 Å². The van der Waals surface area contributed by atoms with Crippen molar-refractivity contribution in [3.05, 3.63) is 16.6 Å². The standard InChI is InChI=1S/C14H20N2S/c15-7-12-8-16-17-13(12)14-4-9-1-10(5-14)3-11(2-9)6-14/h8-11H,1-7,15H2. The minimum atomic E-state index is 0.491. The van der Waals surface area contributed by atoms with Gasteiger partial charge in [0.2, 0.25) is 0 Å². The quantitative estimate of drug-likeness (QED) is 0.873. The maximum absolute atomic E-state index is 5.88. The molecule has 2 nitrogen and oxygen atoms in total. The largest absolute Gasteiger partial charge is 0.326 e. The average Bonchev–Trinajstić information content (AvgIpc) is 2.75. The van der Waals surface area contributed by atoms with Crippen LogP contribution in [-0.2, 0) is 12.0 Å². The SMILES string of the molecule is NCc1cnsc1C12CC3CC(CC(C3)C1)C2. The highest BCUT2D eigenvalue weighted by Crippen LogP contribution is 2.61. The molecular formula is C14H20N2S. The molecule has 3 heteroatoms. The number of nitrogens with two attached hydrogens (primary N) is 1. The summed E-state index contributed by atoms with van der Waals surface area (Å²) in [6.07, 6.45) is 10.8. The van der Waals surface area contributed by atoms with Crippen molar-refractivity contribution in [1.82, 2.24) is 4.37 Å². The van der Waals surface area contributed by atoms with E-state index in [-0.39, 0.29) is 0 Å². The molecular weight excluding hydrogens is 228 g/mol. The van der Waals surface area contributed by atoms with Gasteiger partial charge in [-0.3, -0.25) is 0 Å². The first-order valence-electron chi connectivity index (χ1n) is 6.93. The minimum Gasteiger partial charge on any atom is -0.326 e. The van der Waals surface area contributed by atoms with Crippen molar-refractivity contribution < 1.29 is 0 Å². The van der Waals surface area contributed by atoms with E-state index < -0.39 is 0 Å². The topological polar surface area (TPSA) is 38.9 Å². The molecule has 17 heavy (non-hydrogen) atoms. The molecule has 0 aromatic carbocycles. The van der Waals surface area contributed by atoms with E-state index in [1.165, 1.54) is 44.1 Å². The van der Waals surface area contributed by atoms with Crippen LogP contribution < -0.4 is 5.73 Å². The fourth-order valence-corrected chi connectivity index (χ4v) is 6.21. The van der Waals surface area contributed by atoms with E-state index in [9.17, 15) is 0 Å². The van der Waals surface area contributed by atoms with E-state index in [0.717, 1.165) is 17.8 Å². The number of rotatable bonds is 2. The van der Waals surface area contributed by atoms with Crippen LogP contribution in [0.1, 0.15) is 49.0 Å². The van der Waals surface area contributed by atoms with Crippen LogP contribution in [0, 0.1) is 17.8 Å². The van der Waals surface area contributed by atoms with Gasteiger partial charge in [-0.05, 0) is 67.8 Å². The summed E-state index contributed by atoms with van der Waals surface area (Å²) in [5.74, 6) is 3.02. The summed E-state index contributed by atoms with van der Waals surface area (Å²) in [6, 6.07) is 0. The Balaban J connectivity index is 1.77. The molecule has 1 heterocycles. The van der Waals surface area contributed by atoms with E-state index in [1.54, 1.807) is 16.4 Å². The highest BCUT2D eigenvalue weighted by atomic mass is 32.1. The second kappa shape index (κ2) is 3.55. The van der Waals surface area contributed by atoms with Gasteiger partial charge in [-0.15, -0.1) is 0 Å². The molecule has 4 aliphatic carbocycles. The minimum absolute atomic E-state index is 0.491. The van der Waals surface area contributed by atoms with E-state index in [4.69, 9.17) is 5.73 Å². The Morgan fingerprint density at radius 3 is 2.29 bits per heavy atom. The summed E-state index contributed by atoms with van der Waals surface area (Å²) in [5, 5.41) is 0. The molecule has 0 radical (unpaired) electrons. The molecule has 4 aliphatic rings. The molecule has 0 spiro atoms. The molecule has 4 fully saturated rings. The monoisotopic (exact) mass is 248 g/mol. The zero-order valence-electron chi connectivity index (χ0n) is 10.2. The van der Waals surface area contributed by atoms with Gasteiger partial charge >= 0.3 is 0 Å². The van der Waals surface area contributed by atoms with Crippen molar-refractivity contribution in [1.29, 1.82) is 0 Å². The normalized spacial score (nSPS) is 43.2. The third kappa shape index (κ3) is 1.45. The predicted octanol–water partition coefficient (Wildman–Crippen LogP) is 3.07. The second-order valence-electron chi connectivity index (χ2n) is 6.58. The molecule has 0 aliphatic heterocycles. The van der Waals surface area contributed by atoms with Crippen LogP contribution >= 0.6 is 11.5 Å². The van der Waals surface area contributed by atoms with Gasteiger partial charge < -0.3 is 5.73 Å². The Labute approximate surface area is 107 Å². The second-order valence-corrected chi connectivity index (χ2v) is 7.38. The maximum Gasteiger partial charge on any atom is 0.0454 e. The van der Waals surface area contributed by atoms with Gasteiger partial charge in [0.15, 0.2) is 0 Å². The van der Waals surface area contributed by atoms with Crippen molar-refractivity contribution in [2.75, 3.05) is 0 Å². The maximum atomic E-state index is 5.88. The summed E-state index contributed by atoms with van der Waals surface area (Å²) in [7, 11) is 0. The molecule has 2 N–H and O–H groups in total. The summed E-state index contributed by atoms with van der Waals surface area (Å²) in [6.45, 7) is 0.674. The van der Waals surface area contributed by atoms with Crippen LogP contribution in [0.15, 0.2) is 6.20 Å². The zero-order valence-corrected chi connectivity index (χ0v) is 11.0. The lowest BCUT2D eigenvalue weighted by Crippen LogP contribution is -2.48. The van der Waals surface area contributed by atoms with Crippen molar-refractivity contribution in [2.24, 2.45) is 23.5 Å². The average molecular weight is 248 g/mol. The molecule has 4 bridgehead atoms. The number of aromatic nitrogens is 1. The molecule has 4 saturated carbocycles. The Hall–Kier alpha value is -0.410. The number of hydrogen-bond acceptors (Lipinski definition) is 3. The van der Waals surface area contributed by atoms with Gasteiger partial charge in [0.25, 0.3) is 0 Å². The molecule has 5 rings (SSSR count). The summed E-state index contributed by atoms with van der Waals surface area (Å²) < 4.78 is 4.41. The third-order valence-electron chi connectivity index (χ3n) is 5.38. The molecule has 1 aromatic rings. The van der Waals surface area contributed by atoms with Crippen LogP contribution in [-0.4, -0.2) is 4.37 Å². The van der Waals surface area contributed by atoms with Crippen molar-refractivity contribution in [2.45, 2.75) is 50.5 Å². The van der Waals surface area contributed by atoms with Crippen LogP contribution in [0.25, 0.3) is 0 Å². The summed E-state index contributed by atoms with van der Waals surface area (Å²) >= 11 is 1.73. The summed E-state index contributed by atoms with van der Waals surface area (Å²) in [5.41, 5.74) is 7.70. The Kier molecular flexibility index (Phi) is 2.19. The first kappa shape index (κ1) is 10.5. The highest BCUT2D eigenvalue weighted by Gasteiger charge is 2.52. The van der Waals surface area contributed by atoms with E-state index in [2.05, 4.69) is 4.37 Å². The van der Waals surface area contributed by atoms with Crippen LogP contribution in [0.5, 0.6) is 0 Å². The molecule has 92 valence electrons. The zero-order chi connectivity index (χ0) is 11.5. The lowest BCUT2D eigenvalue weighted by atomic mass is 9.49. The Bertz CT molecular complexity index is 402. The van der Waals surface area contributed by atoms with Gasteiger partial charge in [0.05, 0.1) is 0 Å². The predicted molar refractivity (Wildman–Crippen MR) is 69.9 cm³/mol. The summed E-state index contributed by atoms with van der Waals surface area (Å²) in [4.78, 5) is 1.55. The van der Waals surface area contributed by atoms with Crippen molar-refractivity contribution in [3.8, 4) is 0 Å². The van der Waals surface area contributed by atoms with Crippen LogP contribution in [0.2, 0.25) is 0 Å². The third-order valence-corrected chi connectivity index (χ3v) is 6.47. The van der Waals surface area contributed by atoms with Gasteiger partial charge in [-0.1, -0.05) is 0 Å². The van der Waals surface area contributed by atoms with Crippen LogP contribution in [0.3, 0.4) is 0 Å². The van der Waals surface area contributed by atoms with E-state index in [0.29, 0.717) is 12.0 Å². The first-order valence-corrected chi connectivity index (χ1v) is 7.70. The number of nitrogens with zero attached hydrogens (tertiary/aromatic N) is 1. The number of hydrogen-bond donors (Lipinski definition) is 1. The fraction of sp³-hybridized carbons (Fsp3) is 0.786. The van der Waals surface area contributed by atoms with Gasteiger partial charge in [-0.2, -0.15) is 0 Å². The Morgan fingerprint density at radius 1 is 1.18 bits per heavy atom. The molecule has 0 saturated heterocycles. The molecule has 0 atom stereocenters. The first-order chi connectivity index (χ1) is 8.29. The molecule has 1 aromatic heterocycles. The molecule has 0 unspecified atom stereocenters. The molecule has 0 amide bonds. The van der Waals surface area contributed by atoms with Gasteiger partial charge in [0, 0.05) is 28.6 Å². The fourth-order valence-electron chi connectivity index (χ4n) is 5.23. The lowest BCUT2D eigenvalue weighted by molar-refractivity contribution is -0.00381. The van der Waals surface area contributed by atoms with Crippen molar-refractivity contribution in [3.63, 3.8) is 0 Å². The van der Waals surface area contributed by atoms with E-state index in [1.807, 2.05) is 6.20 Å².